The second kappa shape index (κ2) is 8.29. The highest BCUT2D eigenvalue weighted by atomic mass is 35.5. The molecule has 26 heavy (non-hydrogen) atoms. The van der Waals surface area contributed by atoms with E-state index in [0.717, 1.165) is 18.4 Å². The molecule has 1 aliphatic heterocycles. The molecule has 0 N–H and O–H groups in total. The first-order chi connectivity index (χ1) is 12.5. The highest BCUT2D eigenvalue weighted by Gasteiger charge is 2.25. The molecule has 0 aromatic heterocycles. The van der Waals surface area contributed by atoms with Gasteiger partial charge in [0.1, 0.15) is 0 Å². The Hall–Kier alpha value is -2.44. The van der Waals surface area contributed by atoms with Gasteiger partial charge in [-0.05, 0) is 42.7 Å². The number of carbonyl (C=O) groups is 1. The average Bonchev–Trinajstić information content (AvgIpc) is 2.66. The molecule has 0 saturated carbocycles. The predicted octanol–water partition coefficient (Wildman–Crippen LogP) is 4.07. The van der Waals surface area contributed by atoms with Gasteiger partial charge in [-0.1, -0.05) is 23.7 Å². The molecule has 1 fully saturated rings. The normalized spacial score (nSPS) is 17.1. The first-order valence-corrected chi connectivity index (χ1v) is 8.80. The van der Waals surface area contributed by atoms with Crippen LogP contribution < -0.4 is 0 Å². The maximum atomic E-state index is 12.6. The van der Waals surface area contributed by atoms with Crippen molar-refractivity contribution in [2.45, 2.75) is 25.6 Å². The Bertz CT molecular complexity index is 794. The molecule has 6 nitrogen and oxygen atoms in total. The Morgan fingerprint density at radius 2 is 2.04 bits per heavy atom. The third kappa shape index (κ3) is 4.59. The Morgan fingerprint density at radius 3 is 2.73 bits per heavy atom. The van der Waals surface area contributed by atoms with E-state index < -0.39 is 4.92 Å². The van der Waals surface area contributed by atoms with Crippen molar-refractivity contribution in [3.63, 3.8) is 0 Å². The van der Waals surface area contributed by atoms with Crippen LogP contribution >= 0.6 is 11.6 Å². The first kappa shape index (κ1) is 18.4. The number of rotatable bonds is 5. The number of non-ortho nitro benzene ring substituents is 1. The summed E-state index contributed by atoms with van der Waals surface area (Å²) in [5.41, 5.74) is 1.42. The summed E-state index contributed by atoms with van der Waals surface area (Å²) in [5, 5.41) is 11.4. The van der Waals surface area contributed by atoms with Gasteiger partial charge in [0.05, 0.1) is 17.6 Å². The van der Waals surface area contributed by atoms with E-state index in [2.05, 4.69) is 0 Å². The standard InChI is InChI=1S/C19H19ClN2O4/c20-16-4-1-3-14(11-16)13-26-18-5-2-10-21(12-18)19(23)15-6-8-17(9-7-15)22(24)25/h1,3-4,6-9,11,18H,2,5,10,12-13H2/t18-/m1/s1. The fourth-order valence-electron chi connectivity index (χ4n) is 3.01. The van der Waals surface area contributed by atoms with Crippen molar-refractivity contribution in [3.8, 4) is 0 Å². The number of likely N-dealkylation sites (tertiary alicyclic amines) is 1. The SMILES string of the molecule is O=C(c1ccc([N+](=O)[O-])cc1)N1CCC[C@@H](OCc2cccc(Cl)c2)C1. The lowest BCUT2D eigenvalue weighted by molar-refractivity contribution is -0.384. The fourth-order valence-corrected chi connectivity index (χ4v) is 3.22. The number of carbonyl (C=O) groups excluding carboxylic acids is 1. The van der Waals surface area contributed by atoms with E-state index in [-0.39, 0.29) is 17.7 Å². The lowest BCUT2D eigenvalue weighted by atomic mass is 10.1. The quantitative estimate of drug-likeness (QED) is 0.584. The molecule has 2 aromatic rings. The average molecular weight is 375 g/mol. The number of nitro groups is 1. The lowest BCUT2D eigenvalue weighted by Crippen LogP contribution is -2.43. The number of nitro benzene ring substituents is 1. The minimum absolute atomic E-state index is 0.0251. The zero-order valence-corrected chi connectivity index (χ0v) is 14.9. The minimum atomic E-state index is -0.477. The lowest BCUT2D eigenvalue weighted by Gasteiger charge is -2.32. The van der Waals surface area contributed by atoms with E-state index in [9.17, 15) is 14.9 Å². The Labute approximate surface area is 156 Å². The van der Waals surface area contributed by atoms with Crippen LogP contribution in [0.1, 0.15) is 28.8 Å². The predicted molar refractivity (Wildman–Crippen MR) is 98.3 cm³/mol. The van der Waals surface area contributed by atoms with Crippen LogP contribution in [-0.2, 0) is 11.3 Å². The molecule has 0 radical (unpaired) electrons. The summed E-state index contributed by atoms with van der Waals surface area (Å²) < 4.78 is 5.95. The Kier molecular flexibility index (Phi) is 5.85. The highest BCUT2D eigenvalue weighted by Crippen LogP contribution is 2.20. The van der Waals surface area contributed by atoms with Gasteiger partial charge in [-0.2, -0.15) is 0 Å². The van der Waals surface area contributed by atoms with Crippen LogP contribution in [0, 0.1) is 10.1 Å². The molecule has 2 aromatic carbocycles. The minimum Gasteiger partial charge on any atom is -0.372 e. The van der Waals surface area contributed by atoms with Crippen molar-refractivity contribution >= 4 is 23.2 Å². The van der Waals surface area contributed by atoms with Gasteiger partial charge in [0.15, 0.2) is 0 Å². The van der Waals surface area contributed by atoms with Crippen LogP contribution in [-0.4, -0.2) is 34.9 Å². The maximum Gasteiger partial charge on any atom is 0.269 e. The molecule has 3 rings (SSSR count). The molecule has 0 spiro atoms. The van der Waals surface area contributed by atoms with Gasteiger partial charge in [-0.15, -0.1) is 0 Å². The van der Waals surface area contributed by atoms with Crippen LogP contribution in [0.2, 0.25) is 5.02 Å². The molecule has 0 bridgehead atoms. The third-order valence-electron chi connectivity index (χ3n) is 4.37. The van der Waals surface area contributed by atoms with E-state index in [0.29, 0.717) is 30.3 Å². The van der Waals surface area contributed by atoms with Crippen LogP contribution in [0.25, 0.3) is 0 Å². The molecule has 136 valence electrons. The molecule has 1 heterocycles. The number of halogens is 1. The summed E-state index contributed by atoms with van der Waals surface area (Å²) in [7, 11) is 0. The molecule has 1 aliphatic rings. The zero-order valence-electron chi connectivity index (χ0n) is 14.1. The first-order valence-electron chi connectivity index (χ1n) is 8.43. The highest BCUT2D eigenvalue weighted by molar-refractivity contribution is 6.30. The van der Waals surface area contributed by atoms with Crippen molar-refractivity contribution in [2.24, 2.45) is 0 Å². The largest absolute Gasteiger partial charge is 0.372 e. The zero-order chi connectivity index (χ0) is 18.5. The van der Waals surface area contributed by atoms with E-state index in [1.54, 1.807) is 4.90 Å². The summed E-state index contributed by atoms with van der Waals surface area (Å²) in [6.07, 6.45) is 1.72. The molecule has 0 unspecified atom stereocenters. The molecule has 1 saturated heterocycles. The van der Waals surface area contributed by atoms with Gasteiger partial charge >= 0.3 is 0 Å². The van der Waals surface area contributed by atoms with E-state index in [1.165, 1.54) is 24.3 Å². The molecule has 1 atom stereocenters. The Balaban J connectivity index is 1.58. The molecular weight excluding hydrogens is 356 g/mol. The summed E-state index contributed by atoms with van der Waals surface area (Å²) >= 11 is 5.98. The monoisotopic (exact) mass is 374 g/mol. The molecule has 7 heteroatoms. The molecule has 1 amide bonds. The number of amides is 1. The second-order valence-corrected chi connectivity index (χ2v) is 6.70. The topological polar surface area (TPSA) is 72.7 Å². The summed E-state index contributed by atoms with van der Waals surface area (Å²) in [6, 6.07) is 13.2. The number of nitrogens with zero attached hydrogens (tertiary/aromatic N) is 2. The number of ether oxygens (including phenoxy) is 1. The number of hydrogen-bond acceptors (Lipinski definition) is 4. The van der Waals surface area contributed by atoms with E-state index in [4.69, 9.17) is 16.3 Å². The van der Waals surface area contributed by atoms with Crippen molar-refractivity contribution in [1.29, 1.82) is 0 Å². The van der Waals surface area contributed by atoms with Gasteiger partial charge < -0.3 is 9.64 Å². The van der Waals surface area contributed by atoms with Gasteiger partial charge in [-0.3, -0.25) is 14.9 Å². The second-order valence-electron chi connectivity index (χ2n) is 6.26. The van der Waals surface area contributed by atoms with Gasteiger partial charge in [0.2, 0.25) is 0 Å². The summed E-state index contributed by atoms with van der Waals surface area (Å²) in [6.45, 7) is 1.62. The van der Waals surface area contributed by atoms with Crippen LogP contribution in [0.4, 0.5) is 5.69 Å². The van der Waals surface area contributed by atoms with Gasteiger partial charge in [-0.25, -0.2) is 0 Å². The summed E-state index contributed by atoms with van der Waals surface area (Å²) in [4.78, 5) is 24.6. The van der Waals surface area contributed by atoms with Crippen molar-refractivity contribution in [3.05, 3.63) is 74.8 Å². The molecule has 0 aliphatic carbocycles. The van der Waals surface area contributed by atoms with Crippen LogP contribution in [0.3, 0.4) is 0 Å². The molecular formula is C19H19ClN2O4. The summed E-state index contributed by atoms with van der Waals surface area (Å²) in [5.74, 6) is -0.129. The van der Waals surface area contributed by atoms with Gasteiger partial charge in [0, 0.05) is 35.8 Å². The maximum absolute atomic E-state index is 12.6. The smallest absolute Gasteiger partial charge is 0.269 e. The van der Waals surface area contributed by atoms with Gasteiger partial charge in [0.25, 0.3) is 11.6 Å². The van der Waals surface area contributed by atoms with Crippen molar-refractivity contribution in [1.82, 2.24) is 4.90 Å². The third-order valence-corrected chi connectivity index (χ3v) is 4.60. The number of benzene rings is 2. The van der Waals surface area contributed by atoms with Crippen LogP contribution in [0.5, 0.6) is 0 Å². The number of piperidine rings is 1. The fraction of sp³-hybridized carbons (Fsp3) is 0.316. The van der Waals surface area contributed by atoms with E-state index >= 15 is 0 Å². The van der Waals surface area contributed by atoms with Crippen molar-refractivity contribution < 1.29 is 14.5 Å². The van der Waals surface area contributed by atoms with Crippen molar-refractivity contribution in [2.75, 3.05) is 13.1 Å². The van der Waals surface area contributed by atoms with Crippen LogP contribution in [0.15, 0.2) is 48.5 Å². The number of hydrogen-bond donors (Lipinski definition) is 0. The van der Waals surface area contributed by atoms with E-state index in [1.807, 2.05) is 24.3 Å². The Morgan fingerprint density at radius 1 is 1.27 bits per heavy atom.